The fraction of sp³-hybridized carbons (Fsp3) is 0.394. The van der Waals surface area contributed by atoms with Crippen LogP contribution in [-0.2, 0) is 39.0 Å². The van der Waals surface area contributed by atoms with E-state index in [-0.39, 0.29) is 37.7 Å². The maximum atomic E-state index is 13.9. The van der Waals surface area contributed by atoms with Gasteiger partial charge >= 0.3 is 0 Å². The molecule has 0 aliphatic heterocycles. The van der Waals surface area contributed by atoms with E-state index >= 15 is 0 Å². The predicted molar refractivity (Wildman–Crippen MR) is 171 cm³/mol. The van der Waals surface area contributed by atoms with E-state index in [0.29, 0.717) is 23.7 Å². The topological polar surface area (TPSA) is 86.8 Å². The summed E-state index contributed by atoms with van der Waals surface area (Å²) in [6.07, 6.45) is 4.49. The Kier molecular flexibility index (Phi) is 12.9. The van der Waals surface area contributed by atoms with Crippen LogP contribution in [0.1, 0.15) is 56.2 Å². The molecule has 3 rings (SSSR count). The molecular formula is C33H42ClN3O4S. The second-order valence-electron chi connectivity index (χ2n) is 10.4. The average molecular weight is 612 g/mol. The molecule has 9 heteroatoms. The Morgan fingerprint density at radius 2 is 1.55 bits per heavy atom. The average Bonchev–Trinajstić information content (AvgIpc) is 2.98. The second-order valence-corrected chi connectivity index (χ2v) is 12.7. The van der Waals surface area contributed by atoms with E-state index in [1.165, 1.54) is 10.6 Å². The predicted octanol–water partition coefficient (Wildman–Crippen LogP) is 6.01. The number of benzene rings is 3. The first kappa shape index (κ1) is 33.1. The lowest BCUT2D eigenvalue weighted by atomic mass is 10.0. The maximum absolute atomic E-state index is 13.9. The van der Waals surface area contributed by atoms with Gasteiger partial charge in [-0.25, -0.2) is 8.42 Å². The third-order valence-corrected chi connectivity index (χ3v) is 8.75. The van der Waals surface area contributed by atoms with Crippen molar-refractivity contribution in [3.63, 3.8) is 0 Å². The van der Waals surface area contributed by atoms with Crippen molar-refractivity contribution in [2.24, 2.45) is 0 Å². The minimum atomic E-state index is -3.57. The van der Waals surface area contributed by atoms with E-state index in [4.69, 9.17) is 11.6 Å². The van der Waals surface area contributed by atoms with Crippen molar-refractivity contribution in [1.29, 1.82) is 0 Å². The number of carbonyl (C=O) groups is 2. The van der Waals surface area contributed by atoms with Crippen molar-refractivity contribution in [1.82, 2.24) is 10.2 Å². The van der Waals surface area contributed by atoms with E-state index in [9.17, 15) is 18.0 Å². The van der Waals surface area contributed by atoms with Crippen LogP contribution in [0.2, 0.25) is 5.02 Å². The minimum Gasteiger partial charge on any atom is -0.354 e. The molecule has 2 amide bonds. The van der Waals surface area contributed by atoms with Gasteiger partial charge in [0, 0.05) is 37.5 Å². The first-order valence-electron chi connectivity index (χ1n) is 14.5. The van der Waals surface area contributed by atoms with E-state index in [1.54, 1.807) is 23.1 Å². The molecule has 42 heavy (non-hydrogen) atoms. The lowest BCUT2D eigenvalue weighted by Gasteiger charge is -2.32. The number of hydrogen-bond acceptors (Lipinski definition) is 4. The molecule has 7 nitrogen and oxygen atoms in total. The lowest BCUT2D eigenvalue weighted by Crippen LogP contribution is -2.50. The molecule has 226 valence electrons. The van der Waals surface area contributed by atoms with Crippen LogP contribution in [0.3, 0.4) is 0 Å². The van der Waals surface area contributed by atoms with Gasteiger partial charge in [-0.1, -0.05) is 92.5 Å². The molecule has 0 fully saturated rings. The number of nitrogens with one attached hydrogen (secondary N) is 1. The minimum absolute atomic E-state index is 0.0665. The van der Waals surface area contributed by atoms with Gasteiger partial charge in [0.15, 0.2) is 0 Å². The Morgan fingerprint density at radius 1 is 0.881 bits per heavy atom. The Balaban J connectivity index is 1.87. The van der Waals surface area contributed by atoms with Crippen LogP contribution in [-0.4, -0.2) is 50.5 Å². The van der Waals surface area contributed by atoms with Gasteiger partial charge in [0.1, 0.15) is 6.04 Å². The van der Waals surface area contributed by atoms with Gasteiger partial charge in [-0.3, -0.25) is 13.9 Å². The molecule has 0 saturated carbocycles. The van der Waals surface area contributed by atoms with Crippen LogP contribution in [0.25, 0.3) is 0 Å². The molecule has 1 atom stereocenters. The van der Waals surface area contributed by atoms with Crippen LogP contribution >= 0.6 is 11.6 Å². The Hall–Kier alpha value is -3.36. The zero-order valence-corrected chi connectivity index (χ0v) is 26.3. The first-order chi connectivity index (χ1) is 20.1. The van der Waals surface area contributed by atoms with Crippen molar-refractivity contribution >= 4 is 39.1 Å². The fourth-order valence-corrected chi connectivity index (χ4v) is 5.93. The van der Waals surface area contributed by atoms with Gasteiger partial charge < -0.3 is 10.2 Å². The monoisotopic (exact) mass is 611 g/mol. The zero-order valence-electron chi connectivity index (χ0n) is 24.8. The van der Waals surface area contributed by atoms with Gasteiger partial charge in [0.2, 0.25) is 21.8 Å². The summed E-state index contributed by atoms with van der Waals surface area (Å²) in [5.41, 5.74) is 3.34. The van der Waals surface area contributed by atoms with Crippen LogP contribution in [0.15, 0.2) is 78.9 Å². The molecule has 3 aromatic carbocycles. The first-order valence-corrected chi connectivity index (χ1v) is 16.8. The van der Waals surface area contributed by atoms with Crippen molar-refractivity contribution in [2.75, 3.05) is 23.7 Å². The molecule has 0 heterocycles. The second kappa shape index (κ2) is 16.3. The van der Waals surface area contributed by atoms with E-state index in [0.717, 1.165) is 36.0 Å². The molecular weight excluding hydrogens is 570 g/mol. The summed E-state index contributed by atoms with van der Waals surface area (Å²) >= 11 is 6.49. The van der Waals surface area contributed by atoms with Gasteiger partial charge in [-0.2, -0.15) is 0 Å². The highest BCUT2D eigenvalue weighted by atomic mass is 35.5. The van der Waals surface area contributed by atoms with Crippen molar-refractivity contribution in [3.8, 4) is 0 Å². The Morgan fingerprint density at radius 3 is 2.17 bits per heavy atom. The number of amides is 2. The molecule has 0 aliphatic rings. The van der Waals surface area contributed by atoms with Crippen molar-refractivity contribution in [2.45, 2.75) is 65.0 Å². The van der Waals surface area contributed by atoms with Crippen LogP contribution in [0, 0.1) is 0 Å². The number of aryl methyl sites for hydroxylation is 1. The molecule has 0 spiro atoms. The third-order valence-electron chi connectivity index (χ3n) is 7.18. The summed E-state index contributed by atoms with van der Waals surface area (Å²) < 4.78 is 26.7. The molecule has 0 aliphatic carbocycles. The Bertz CT molecular complexity index is 1400. The molecule has 0 bridgehead atoms. The number of nitrogens with zero attached hydrogens (tertiary/aromatic N) is 2. The molecule has 1 N–H and O–H groups in total. The summed E-state index contributed by atoms with van der Waals surface area (Å²) in [6, 6.07) is 23.6. The molecule has 0 saturated heterocycles. The standard InChI is InChI=1S/C33H42ClN3O4S/c1-4-6-22-35-33(39)31(24-27-13-8-7-9-14-27)36(25-28-15-10-11-16-30(28)34)32(38)17-12-23-37(42(3,40)41)29-20-18-26(5-2)19-21-29/h7-11,13-16,18-21,31H,4-6,12,17,22-25H2,1-3H3,(H,35,39)/t31-/m0/s1. The van der Waals surface area contributed by atoms with Gasteiger partial charge in [0.05, 0.1) is 11.9 Å². The third kappa shape index (κ3) is 9.88. The van der Waals surface area contributed by atoms with Crippen LogP contribution in [0.5, 0.6) is 0 Å². The van der Waals surface area contributed by atoms with Crippen molar-refractivity contribution in [3.05, 3.63) is 101 Å². The molecule has 0 aromatic heterocycles. The summed E-state index contributed by atoms with van der Waals surface area (Å²) in [6.45, 7) is 4.92. The number of anilines is 1. The summed E-state index contributed by atoms with van der Waals surface area (Å²) in [4.78, 5) is 29.1. The SMILES string of the molecule is CCCCNC(=O)[C@H](Cc1ccccc1)N(Cc1ccccc1Cl)C(=O)CCCN(c1ccc(CC)cc1)S(C)(=O)=O. The zero-order chi connectivity index (χ0) is 30.5. The highest BCUT2D eigenvalue weighted by Gasteiger charge is 2.31. The normalized spacial score (nSPS) is 12.0. The molecule has 0 radical (unpaired) electrons. The molecule has 0 unspecified atom stereocenters. The highest BCUT2D eigenvalue weighted by Crippen LogP contribution is 2.23. The number of sulfonamides is 1. The van der Waals surface area contributed by atoms with Gasteiger partial charge in [-0.15, -0.1) is 0 Å². The van der Waals surface area contributed by atoms with Crippen LogP contribution in [0.4, 0.5) is 5.69 Å². The fourth-order valence-electron chi connectivity index (χ4n) is 4.77. The quantitative estimate of drug-likeness (QED) is 0.201. The summed E-state index contributed by atoms with van der Waals surface area (Å²) in [7, 11) is -3.57. The number of unbranched alkanes of at least 4 members (excludes halogenated alkanes) is 1. The van der Waals surface area contributed by atoms with E-state index in [1.807, 2.05) is 67.6 Å². The Labute approximate surface area is 255 Å². The van der Waals surface area contributed by atoms with Gasteiger partial charge in [0.25, 0.3) is 0 Å². The highest BCUT2D eigenvalue weighted by molar-refractivity contribution is 7.92. The maximum Gasteiger partial charge on any atom is 0.243 e. The van der Waals surface area contributed by atoms with E-state index in [2.05, 4.69) is 12.2 Å². The largest absolute Gasteiger partial charge is 0.354 e. The number of carbonyl (C=O) groups excluding carboxylic acids is 2. The summed E-state index contributed by atoms with van der Waals surface area (Å²) in [5.74, 6) is -0.460. The van der Waals surface area contributed by atoms with Crippen molar-refractivity contribution < 1.29 is 18.0 Å². The smallest absolute Gasteiger partial charge is 0.243 e. The van der Waals surface area contributed by atoms with Gasteiger partial charge in [-0.05, 0) is 54.2 Å². The lowest BCUT2D eigenvalue weighted by molar-refractivity contribution is -0.141. The number of rotatable bonds is 16. The number of hydrogen-bond donors (Lipinski definition) is 1. The van der Waals surface area contributed by atoms with Crippen LogP contribution < -0.4 is 9.62 Å². The van der Waals surface area contributed by atoms with E-state index < -0.39 is 16.1 Å². The summed E-state index contributed by atoms with van der Waals surface area (Å²) in [5, 5.41) is 3.52. The number of halogens is 1. The molecule has 3 aromatic rings.